The molecular weight excluding hydrogens is 272 g/mol. The Kier molecular flexibility index (Phi) is 4.32. The summed E-state index contributed by atoms with van der Waals surface area (Å²) in [7, 11) is 0. The summed E-state index contributed by atoms with van der Waals surface area (Å²) in [5, 5.41) is 10.5. The molecule has 0 aromatic heterocycles. The fourth-order valence-corrected chi connectivity index (χ4v) is 2.79. The van der Waals surface area contributed by atoms with Gasteiger partial charge < -0.3 is 14.6 Å². The van der Waals surface area contributed by atoms with Gasteiger partial charge in [-0.2, -0.15) is 0 Å². The van der Waals surface area contributed by atoms with Crippen LogP contribution in [0.3, 0.4) is 0 Å². The molecule has 0 bridgehead atoms. The van der Waals surface area contributed by atoms with Crippen molar-refractivity contribution in [1.82, 2.24) is 0 Å². The van der Waals surface area contributed by atoms with Gasteiger partial charge in [0.2, 0.25) is 0 Å². The van der Waals surface area contributed by atoms with E-state index in [-0.39, 0.29) is 6.61 Å². The highest BCUT2D eigenvalue weighted by Gasteiger charge is 2.57. The van der Waals surface area contributed by atoms with Gasteiger partial charge in [0.15, 0.2) is 0 Å². The Hall–Kier alpha value is -1.88. The monoisotopic (exact) mass is 292 g/mol. The van der Waals surface area contributed by atoms with Crippen LogP contribution in [0.4, 0.5) is 0 Å². The van der Waals surface area contributed by atoms with Gasteiger partial charge in [0.05, 0.1) is 12.7 Å². The first-order valence-electron chi connectivity index (χ1n) is 7.01. The van der Waals surface area contributed by atoms with Crippen LogP contribution in [0.15, 0.2) is 30.3 Å². The normalized spacial score (nSPS) is 25.2. The quantitative estimate of drug-likeness (QED) is 0.857. The van der Waals surface area contributed by atoms with E-state index in [4.69, 9.17) is 9.47 Å². The number of esters is 2. The molecule has 2 rings (SSSR count). The van der Waals surface area contributed by atoms with Crippen molar-refractivity contribution in [2.75, 3.05) is 6.61 Å². The minimum atomic E-state index is -1.10. The number of hydrogen-bond donors (Lipinski definition) is 1. The molecule has 21 heavy (non-hydrogen) atoms. The Morgan fingerprint density at radius 3 is 2.57 bits per heavy atom. The second kappa shape index (κ2) is 5.85. The Bertz CT molecular complexity index is 523. The molecule has 5 heteroatoms. The van der Waals surface area contributed by atoms with Gasteiger partial charge in [-0.05, 0) is 26.3 Å². The van der Waals surface area contributed by atoms with Crippen LogP contribution < -0.4 is 0 Å². The molecule has 0 saturated carbocycles. The molecule has 3 atom stereocenters. The summed E-state index contributed by atoms with van der Waals surface area (Å²) in [6, 6.07) is 8.78. The number of rotatable bonds is 4. The number of carbonyl (C=O) groups is 2. The van der Waals surface area contributed by atoms with E-state index in [9.17, 15) is 14.7 Å². The van der Waals surface area contributed by atoms with Crippen molar-refractivity contribution in [2.24, 2.45) is 11.8 Å². The van der Waals surface area contributed by atoms with Crippen LogP contribution in [-0.4, -0.2) is 29.3 Å². The van der Waals surface area contributed by atoms with Crippen molar-refractivity contribution in [1.29, 1.82) is 0 Å². The Morgan fingerprint density at radius 2 is 2.00 bits per heavy atom. The van der Waals surface area contributed by atoms with Crippen molar-refractivity contribution >= 4 is 11.9 Å². The molecule has 114 valence electrons. The van der Waals surface area contributed by atoms with Crippen molar-refractivity contribution in [3.8, 4) is 0 Å². The largest absolute Gasteiger partial charge is 0.466 e. The Labute approximate surface area is 123 Å². The lowest BCUT2D eigenvalue weighted by Crippen LogP contribution is -2.39. The van der Waals surface area contributed by atoms with Gasteiger partial charge in [0.1, 0.15) is 17.4 Å². The third kappa shape index (κ3) is 2.93. The zero-order valence-corrected chi connectivity index (χ0v) is 12.4. The average molecular weight is 292 g/mol. The van der Waals surface area contributed by atoms with Crippen molar-refractivity contribution in [3.63, 3.8) is 0 Å². The number of hydrogen-bond acceptors (Lipinski definition) is 5. The second-order valence-electron chi connectivity index (χ2n) is 5.64. The third-order valence-electron chi connectivity index (χ3n) is 3.77. The number of benzene rings is 1. The van der Waals surface area contributed by atoms with E-state index in [0.717, 1.165) is 0 Å². The topological polar surface area (TPSA) is 72.8 Å². The molecule has 1 aromatic rings. The molecule has 0 radical (unpaired) electrons. The molecule has 1 aliphatic rings. The van der Waals surface area contributed by atoms with Gasteiger partial charge in [0.25, 0.3) is 0 Å². The van der Waals surface area contributed by atoms with Crippen molar-refractivity contribution in [2.45, 2.75) is 32.5 Å². The summed E-state index contributed by atoms with van der Waals surface area (Å²) in [4.78, 5) is 24.3. The van der Waals surface area contributed by atoms with E-state index in [1.807, 2.05) is 6.07 Å². The summed E-state index contributed by atoms with van der Waals surface area (Å²) < 4.78 is 10.3. The van der Waals surface area contributed by atoms with Crippen LogP contribution in [-0.2, 0) is 19.1 Å². The lowest BCUT2D eigenvalue weighted by atomic mass is 9.78. The SMILES string of the molecule is CCOC(=O)[C@H]1[C@H]([C@H](O)c2ccccc2)C(=O)OC1(C)C. The van der Waals surface area contributed by atoms with Crippen LogP contribution in [0, 0.1) is 11.8 Å². The van der Waals surface area contributed by atoms with Crippen LogP contribution in [0.25, 0.3) is 0 Å². The Morgan fingerprint density at radius 1 is 1.38 bits per heavy atom. The van der Waals surface area contributed by atoms with E-state index < -0.39 is 35.5 Å². The molecule has 0 amide bonds. The molecule has 1 aliphatic heterocycles. The first kappa shape index (κ1) is 15.5. The molecular formula is C16H20O5. The predicted octanol–water partition coefficient (Wildman–Crippen LogP) is 1.85. The van der Waals surface area contributed by atoms with Gasteiger partial charge >= 0.3 is 11.9 Å². The smallest absolute Gasteiger partial charge is 0.313 e. The number of carbonyl (C=O) groups excluding carboxylic acids is 2. The van der Waals surface area contributed by atoms with E-state index in [0.29, 0.717) is 5.56 Å². The van der Waals surface area contributed by atoms with Gasteiger partial charge in [-0.3, -0.25) is 9.59 Å². The number of ether oxygens (including phenoxy) is 2. The fourth-order valence-electron chi connectivity index (χ4n) is 2.79. The van der Waals surface area contributed by atoms with Crippen LogP contribution >= 0.6 is 0 Å². The van der Waals surface area contributed by atoms with E-state index >= 15 is 0 Å². The van der Waals surface area contributed by atoms with Gasteiger partial charge in [-0.1, -0.05) is 30.3 Å². The zero-order chi connectivity index (χ0) is 15.6. The first-order chi connectivity index (χ1) is 9.88. The molecule has 1 fully saturated rings. The molecule has 1 N–H and O–H groups in total. The highest BCUT2D eigenvalue weighted by atomic mass is 16.6. The number of aliphatic hydroxyl groups is 1. The average Bonchev–Trinajstić information content (AvgIpc) is 2.68. The van der Waals surface area contributed by atoms with Crippen molar-refractivity contribution < 1.29 is 24.2 Å². The molecule has 1 saturated heterocycles. The summed E-state index contributed by atoms with van der Waals surface area (Å²) in [5.74, 6) is -2.88. The molecule has 0 spiro atoms. The van der Waals surface area contributed by atoms with Crippen LogP contribution in [0.2, 0.25) is 0 Å². The summed E-state index contributed by atoms with van der Waals surface area (Å²) in [6.07, 6.45) is -1.10. The lowest BCUT2D eigenvalue weighted by molar-refractivity contribution is -0.155. The third-order valence-corrected chi connectivity index (χ3v) is 3.77. The summed E-state index contributed by atoms with van der Waals surface area (Å²) >= 11 is 0. The minimum absolute atomic E-state index is 0.216. The minimum Gasteiger partial charge on any atom is -0.466 e. The van der Waals surface area contributed by atoms with E-state index in [1.165, 1.54) is 0 Å². The van der Waals surface area contributed by atoms with Gasteiger partial charge in [0, 0.05) is 0 Å². The molecule has 1 heterocycles. The zero-order valence-electron chi connectivity index (χ0n) is 12.4. The summed E-state index contributed by atoms with van der Waals surface area (Å²) in [5.41, 5.74) is -0.421. The first-order valence-corrected chi connectivity index (χ1v) is 7.01. The van der Waals surface area contributed by atoms with Gasteiger partial charge in [-0.15, -0.1) is 0 Å². The Balaban J connectivity index is 2.34. The van der Waals surface area contributed by atoms with Gasteiger partial charge in [-0.25, -0.2) is 0 Å². The molecule has 1 aromatic carbocycles. The van der Waals surface area contributed by atoms with E-state index in [1.54, 1.807) is 45.0 Å². The number of cyclic esters (lactones) is 1. The fraction of sp³-hybridized carbons (Fsp3) is 0.500. The number of aliphatic hydroxyl groups excluding tert-OH is 1. The highest BCUT2D eigenvalue weighted by molar-refractivity contribution is 5.87. The highest BCUT2D eigenvalue weighted by Crippen LogP contribution is 2.43. The molecule has 5 nitrogen and oxygen atoms in total. The van der Waals surface area contributed by atoms with E-state index in [2.05, 4.69) is 0 Å². The second-order valence-corrected chi connectivity index (χ2v) is 5.64. The predicted molar refractivity (Wildman–Crippen MR) is 75.2 cm³/mol. The van der Waals surface area contributed by atoms with Crippen molar-refractivity contribution in [3.05, 3.63) is 35.9 Å². The maximum absolute atomic E-state index is 12.2. The molecule has 0 unspecified atom stereocenters. The standard InChI is InChI=1S/C16H20O5/c1-4-20-15(19)12-11(14(18)21-16(12,2)3)13(17)10-8-6-5-7-9-10/h5-9,11-13,17H,4H2,1-3H3/t11-,12-,13-/m1/s1. The maximum atomic E-state index is 12.2. The maximum Gasteiger partial charge on any atom is 0.313 e. The summed E-state index contributed by atoms with van der Waals surface area (Å²) in [6.45, 7) is 5.23. The molecule has 0 aliphatic carbocycles. The van der Waals surface area contributed by atoms with Crippen LogP contribution in [0.5, 0.6) is 0 Å². The lowest BCUT2D eigenvalue weighted by Gasteiger charge is -2.26. The van der Waals surface area contributed by atoms with Crippen LogP contribution in [0.1, 0.15) is 32.4 Å².